The molecule has 3 nitrogen and oxygen atoms in total. The van der Waals surface area contributed by atoms with E-state index in [-0.39, 0.29) is 0 Å². The number of rotatable bonds is 4. The van der Waals surface area contributed by atoms with Gasteiger partial charge in [-0.2, -0.15) is 0 Å². The fraction of sp³-hybridized carbons (Fsp3) is 0.500. The van der Waals surface area contributed by atoms with E-state index in [2.05, 4.69) is 39.5 Å². The Labute approximate surface area is 114 Å². The lowest BCUT2D eigenvalue weighted by Crippen LogP contribution is -2.32. The number of hydrogen-bond acceptors (Lipinski definition) is 2. The first-order valence-electron chi connectivity index (χ1n) is 7.42. The summed E-state index contributed by atoms with van der Waals surface area (Å²) in [6, 6.07) is 10.4. The van der Waals surface area contributed by atoms with Crippen molar-refractivity contribution >= 4 is 10.9 Å². The van der Waals surface area contributed by atoms with Gasteiger partial charge in [-0.05, 0) is 42.3 Å². The molecule has 1 aromatic carbocycles. The predicted octanol–water partition coefficient (Wildman–Crippen LogP) is 2.49. The summed E-state index contributed by atoms with van der Waals surface area (Å²) in [4.78, 5) is 5.94. The fourth-order valence-electron chi connectivity index (χ4n) is 3.19. The summed E-state index contributed by atoms with van der Waals surface area (Å²) < 4.78 is 0. The van der Waals surface area contributed by atoms with Crippen molar-refractivity contribution in [2.24, 2.45) is 0 Å². The second-order valence-corrected chi connectivity index (χ2v) is 5.99. The molecular weight excluding hydrogens is 234 g/mol. The van der Waals surface area contributed by atoms with Gasteiger partial charge in [0.05, 0.1) is 0 Å². The minimum absolute atomic E-state index is 0.680. The molecule has 1 saturated carbocycles. The maximum atomic E-state index is 3.71. The van der Waals surface area contributed by atoms with E-state index in [1.54, 1.807) is 0 Å². The van der Waals surface area contributed by atoms with Crippen LogP contribution in [0.2, 0.25) is 0 Å². The molecule has 100 valence electrons. The first-order valence-corrected chi connectivity index (χ1v) is 7.42. The third-order valence-corrected chi connectivity index (χ3v) is 4.50. The molecule has 0 radical (unpaired) electrons. The SMILES string of the molecule is c1cc2ccc(CNC3CCN(C4CC4)C3)cc2[nH]1. The normalized spacial score (nSPS) is 24.3. The Bertz CT molecular complexity index is 570. The summed E-state index contributed by atoms with van der Waals surface area (Å²) in [6.45, 7) is 3.52. The van der Waals surface area contributed by atoms with Gasteiger partial charge >= 0.3 is 0 Å². The monoisotopic (exact) mass is 255 g/mol. The molecule has 1 aliphatic heterocycles. The Morgan fingerprint density at radius 2 is 2.16 bits per heavy atom. The number of aromatic amines is 1. The molecule has 2 N–H and O–H groups in total. The van der Waals surface area contributed by atoms with Crippen molar-refractivity contribution in [3.8, 4) is 0 Å². The number of benzene rings is 1. The van der Waals surface area contributed by atoms with E-state index >= 15 is 0 Å². The predicted molar refractivity (Wildman–Crippen MR) is 78.1 cm³/mol. The molecule has 2 heterocycles. The smallest absolute Gasteiger partial charge is 0.0457 e. The number of likely N-dealkylation sites (tertiary alicyclic amines) is 1. The highest BCUT2D eigenvalue weighted by atomic mass is 15.2. The van der Waals surface area contributed by atoms with E-state index in [9.17, 15) is 0 Å². The summed E-state index contributed by atoms with van der Waals surface area (Å²) in [5, 5.41) is 5.01. The van der Waals surface area contributed by atoms with Gasteiger partial charge in [0.2, 0.25) is 0 Å². The number of nitrogens with zero attached hydrogens (tertiary/aromatic N) is 1. The van der Waals surface area contributed by atoms with Gasteiger partial charge in [-0.25, -0.2) is 0 Å². The summed E-state index contributed by atoms with van der Waals surface area (Å²) >= 11 is 0. The largest absolute Gasteiger partial charge is 0.361 e. The summed E-state index contributed by atoms with van der Waals surface area (Å²) in [7, 11) is 0. The van der Waals surface area contributed by atoms with Crippen molar-refractivity contribution in [1.29, 1.82) is 0 Å². The molecule has 2 aliphatic rings. The van der Waals surface area contributed by atoms with Crippen LogP contribution in [0.5, 0.6) is 0 Å². The third-order valence-electron chi connectivity index (χ3n) is 4.50. The van der Waals surface area contributed by atoms with Gasteiger partial charge in [-0.15, -0.1) is 0 Å². The molecule has 1 unspecified atom stereocenters. The Hall–Kier alpha value is -1.32. The molecule has 2 aromatic rings. The van der Waals surface area contributed by atoms with E-state index in [1.165, 1.54) is 48.8 Å². The molecule has 1 aromatic heterocycles. The van der Waals surface area contributed by atoms with Gasteiger partial charge in [0.1, 0.15) is 0 Å². The number of H-pyrrole nitrogens is 1. The van der Waals surface area contributed by atoms with E-state index in [0.717, 1.165) is 12.6 Å². The number of aromatic nitrogens is 1. The van der Waals surface area contributed by atoms with Gasteiger partial charge in [-0.1, -0.05) is 12.1 Å². The Balaban J connectivity index is 1.36. The van der Waals surface area contributed by atoms with Crippen molar-refractivity contribution in [3.05, 3.63) is 36.0 Å². The zero-order valence-electron chi connectivity index (χ0n) is 11.2. The van der Waals surface area contributed by atoms with Crippen LogP contribution in [0.4, 0.5) is 0 Å². The molecular formula is C16H21N3. The summed E-state index contributed by atoms with van der Waals surface area (Å²) in [6.07, 6.45) is 6.17. The quantitative estimate of drug-likeness (QED) is 0.879. The number of fused-ring (bicyclic) bond motifs is 1. The summed E-state index contributed by atoms with van der Waals surface area (Å²) in [5.41, 5.74) is 2.62. The third kappa shape index (κ3) is 2.40. The minimum atomic E-state index is 0.680. The van der Waals surface area contributed by atoms with E-state index in [4.69, 9.17) is 0 Å². The average molecular weight is 255 g/mol. The lowest BCUT2D eigenvalue weighted by atomic mass is 10.1. The topological polar surface area (TPSA) is 31.1 Å². The van der Waals surface area contributed by atoms with Crippen molar-refractivity contribution in [1.82, 2.24) is 15.2 Å². The molecule has 1 atom stereocenters. The average Bonchev–Trinajstić information content (AvgIpc) is 3.01. The van der Waals surface area contributed by atoms with Crippen molar-refractivity contribution < 1.29 is 0 Å². The molecule has 0 amide bonds. The maximum absolute atomic E-state index is 3.71. The van der Waals surface area contributed by atoms with Crippen LogP contribution in [0, 0.1) is 0 Å². The van der Waals surface area contributed by atoms with Gasteiger partial charge in [0.25, 0.3) is 0 Å². The standard InChI is InChI=1S/C16H21N3/c1-2-13-5-7-17-16(13)9-12(1)10-18-14-6-8-19(11-14)15-3-4-15/h1-2,5,7,9,14-15,17-18H,3-4,6,8,10-11H2. The fourth-order valence-corrected chi connectivity index (χ4v) is 3.19. The van der Waals surface area contributed by atoms with Crippen LogP contribution in [-0.2, 0) is 6.54 Å². The van der Waals surface area contributed by atoms with Crippen molar-refractivity contribution in [3.63, 3.8) is 0 Å². The molecule has 1 saturated heterocycles. The van der Waals surface area contributed by atoms with E-state index < -0.39 is 0 Å². The molecule has 3 heteroatoms. The lowest BCUT2D eigenvalue weighted by molar-refractivity contribution is 0.317. The second kappa shape index (κ2) is 4.66. The molecule has 0 spiro atoms. The zero-order chi connectivity index (χ0) is 12.7. The van der Waals surface area contributed by atoms with Crippen LogP contribution < -0.4 is 5.32 Å². The number of hydrogen-bond donors (Lipinski definition) is 2. The molecule has 2 fully saturated rings. The summed E-state index contributed by atoms with van der Waals surface area (Å²) in [5.74, 6) is 0. The molecule has 0 bridgehead atoms. The highest BCUT2D eigenvalue weighted by Crippen LogP contribution is 2.29. The first-order chi connectivity index (χ1) is 9.38. The first kappa shape index (κ1) is 11.5. The van der Waals surface area contributed by atoms with Gasteiger partial charge in [0, 0.05) is 43.4 Å². The van der Waals surface area contributed by atoms with Crippen LogP contribution in [-0.4, -0.2) is 35.1 Å². The second-order valence-electron chi connectivity index (χ2n) is 5.99. The van der Waals surface area contributed by atoms with Crippen LogP contribution in [0.15, 0.2) is 30.5 Å². The van der Waals surface area contributed by atoms with Gasteiger partial charge in [-0.3, -0.25) is 4.90 Å². The highest BCUT2D eigenvalue weighted by Gasteiger charge is 2.33. The highest BCUT2D eigenvalue weighted by molar-refractivity contribution is 5.79. The zero-order valence-corrected chi connectivity index (χ0v) is 11.2. The van der Waals surface area contributed by atoms with Crippen LogP contribution in [0.1, 0.15) is 24.8 Å². The number of nitrogens with one attached hydrogen (secondary N) is 2. The Morgan fingerprint density at radius 3 is 3.05 bits per heavy atom. The lowest BCUT2D eigenvalue weighted by Gasteiger charge is -2.15. The van der Waals surface area contributed by atoms with Gasteiger partial charge < -0.3 is 10.3 Å². The van der Waals surface area contributed by atoms with Crippen molar-refractivity contribution in [2.75, 3.05) is 13.1 Å². The molecule has 4 rings (SSSR count). The Kier molecular flexibility index (Phi) is 2.82. The van der Waals surface area contributed by atoms with Crippen LogP contribution in [0.3, 0.4) is 0 Å². The van der Waals surface area contributed by atoms with Crippen LogP contribution in [0.25, 0.3) is 10.9 Å². The van der Waals surface area contributed by atoms with Crippen molar-refractivity contribution in [2.45, 2.75) is 37.9 Å². The van der Waals surface area contributed by atoms with E-state index in [0.29, 0.717) is 6.04 Å². The molecule has 1 aliphatic carbocycles. The van der Waals surface area contributed by atoms with Crippen LogP contribution >= 0.6 is 0 Å². The maximum Gasteiger partial charge on any atom is 0.0457 e. The molecule has 19 heavy (non-hydrogen) atoms. The van der Waals surface area contributed by atoms with Gasteiger partial charge in [0.15, 0.2) is 0 Å². The Morgan fingerprint density at radius 1 is 1.21 bits per heavy atom. The minimum Gasteiger partial charge on any atom is -0.361 e. The van der Waals surface area contributed by atoms with E-state index in [1.807, 2.05) is 6.20 Å².